The summed E-state index contributed by atoms with van der Waals surface area (Å²) < 4.78 is 2.90. The number of aromatic nitrogens is 1. The molecule has 0 radical (unpaired) electrons. The highest BCUT2D eigenvalue weighted by Crippen LogP contribution is 2.34. The number of carbonyl (C=O) groups is 1. The number of hydrogen-bond donors (Lipinski definition) is 2. The summed E-state index contributed by atoms with van der Waals surface area (Å²) in [6.07, 6.45) is 0.715. The fourth-order valence-corrected chi connectivity index (χ4v) is 4.42. The van der Waals surface area contributed by atoms with Gasteiger partial charge in [-0.1, -0.05) is 18.2 Å². The molecule has 7 heteroatoms. The molecule has 0 bridgehead atoms. The number of halogens is 2. The van der Waals surface area contributed by atoms with Crippen LogP contribution in [0.4, 0.5) is 5.69 Å². The Hall–Kier alpha value is -2.12. The van der Waals surface area contributed by atoms with Crippen molar-refractivity contribution < 1.29 is 9.90 Å². The molecule has 2 aromatic carbocycles. The minimum Gasteiger partial charge on any atom is -0.506 e. The molecule has 1 aromatic heterocycles. The van der Waals surface area contributed by atoms with E-state index < -0.39 is 11.5 Å². The number of aryl methyl sites for hydroxylation is 2. The van der Waals surface area contributed by atoms with E-state index in [4.69, 9.17) is 0 Å². The molecule has 0 aliphatic carbocycles. The monoisotopic (exact) mass is 462 g/mol. The van der Waals surface area contributed by atoms with Crippen LogP contribution in [0, 0.1) is 0 Å². The first-order valence-electron chi connectivity index (χ1n) is 7.61. The third-order valence-electron chi connectivity index (χ3n) is 4.37. The van der Waals surface area contributed by atoms with Crippen molar-refractivity contribution in [2.45, 2.75) is 13.0 Å². The van der Waals surface area contributed by atoms with Gasteiger partial charge in [-0.05, 0) is 62.0 Å². The maximum absolute atomic E-state index is 12.8. The minimum absolute atomic E-state index is 0.241. The Bertz CT molecular complexity index is 1090. The van der Waals surface area contributed by atoms with Gasteiger partial charge in [0.2, 0.25) is 0 Å². The predicted octanol–water partition coefficient (Wildman–Crippen LogP) is 4.04. The number of amides is 1. The van der Waals surface area contributed by atoms with Gasteiger partial charge in [0.25, 0.3) is 11.5 Å². The second-order valence-electron chi connectivity index (χ2n) is 5.79. The first kappa shape index (κ1) is 16.4. The lowest BCUT2D eigenvalue weighted by atomic mass is 10.1. The zero-order chi connectivity index (χ0) is 17.7. The standard InChI is InChI=1S/C18H12Br2N2O3/c19-11-5-2-6-12(20)14(11)21-17(24)13-16(23)10-4-1-3-9-7-8-22(15(9)10)18(13)25/h1-6,23H,7-8H2,(H,21,24). The van der Waals surface area contributed by atoms with Crippen molar-refractivity contribution in [2.24, 2.45) is 0 Å². The van der Waals surface area contributed by atoms with Gasteiger partial charge in [0.05, 0.1) is 11.2 Å². The van der Waals surface area contributed by atoms with E-state index in [2.05, 4.69) is 37.2 Å². The van der Waals surface area contributed by atoms with Crippen molar-refractivity contribution in [3.63, 3.8) is 0 Å². The van der Waals surface area contributed by atoms with Gasteiger partial charge in [-0.3, -0.25) is 9.59 Å². The van der Waals surface area contributed by atoms with Crippen LogP contribution >= 0.6 is 31.9 Å². The summed E-state index contributed by atoms with van der Waals surface area (Å²) in [5.74, 6) is -0.918. The fourth-order valence-electron chi connectivity index (χ4n) is 3.22. The second kappa shape index (κ2) is 6.00. The van der Waals surface area contributed by atoms with Gasteiger partial charge in [0, 0.05) is 20.9 Å². The molecule has 0 unspecified atom stereocenters. The maximum atomic E-state index is 12.8. The molecule has 25 heavy (non-hydrogen) atoms. The molecule has 0 fully saturated rings. The Morgan fingerprint density at radius 3 is 2.52 bits per heavy atom. The number of nitrogens with zero attached hydrogens (tertiary/aromatic N) is 1. The normalized spacial score (nSPS) is 12.6. The van der Waals surface area contributed by atoms with Crippen LogP contribution in [0.3, 0.4) is 0 Å². The van der Waals surface area contributed by atoms with Crippen molar-refractivity contribution in [1.82, 2.24) is 4.57 Å². The van der Waals surface area contributed by atoms with Gasteiger partial charge in [-0.15, -0.1) is 0 Å². The van der Waals surface area contributed by atoms with E-state index in [-0.39, 0.29) is 11.3 Å². The molecule has 4 rings (SSSR count). The van der Waals surface area contributed by atoms with E-state index in [1.807, 2.05) is 18.2 Å². The van der Waals surface area contributed by atoms with Crippen LogP contribution in [0.5, 0.6) is 5.75 Å². The molecule has 2 N–H and O–H groups in total. The minimum atomic E-state index is -0.641. The summed E-state index contributed by atoms with van der Waals surface area (Å²) in [6.45, 7) is 0.508. The molecule has 3 aromatic rings. The summed E-state index contributed by atoms with van der Waals surface area (Å²) >= 11 is 6.74. The Labute approximate surface area is 159 Å². The number of benzene rings is 2. The lowest BCUT2D eigenvalue weighted by Crippen LogP contribution is -2.28. The molecule has 126 valence electrons. The van der Waals surface area contributed by atoms with Crippen LogP contribution in [-0.2, 0) is 13.0 Å². The second-order valence-corrected chi connectivity index (χ2v) is 7.50. The van der Waals surface area contributed by atoms with Crippen LogP contribution in [0.1, 0.15) is 15.9 Å². The van der Waals surface area contributed by atoms with Crippen LogP contribution in [0.25, 0.3) is 10.9 Å². The highest BCUT2D eigenvalue weighted by Gasteiger charge is 2.26. The number of rotatable bonds is 2. The lowest BCUT2D eigenvalue weighted by Gasteiger charge is -2.13. The van der Waals surface area contributed by atoms with Crippen LogP contribution in [0.15, 0.2) is 50.1 Å². The largest absolute Gasteiger partial charge is 0.506 e. The van der Waals surface area contributed by atoms with Crippen LogP contribution < -0.4 is 10.9 Å². The van der Waals surface area contributed by atoms with E-state index in [1.54, 1.807) is 22.8 Å². The molecular formula is C18H12Br2N2O3. The lowest BCUT2D eigenvalue weighted by molar-refractivity contribution is 0.102. The third kappa shape index (κ3) is 2.49. The molecule has 0 atom stereocenters. The van der Waals surface area contributed by atoms with Crippen molar-refractivity contribution in [3.8, 4) is 5.75 Å². The first-order valence-corrected chi connectivity index (χ1v) is 9.20. The number of nitrogens with one attached hydrogen (secondary N) is 1. The number of para-hydroxylation sites is 2. The highest BCUT2D eigenvalue weighted by molar-refractivity contribution is 9.11. The number of anilines is 1. The van der Waals surface area contributed by atoms with Crippen molar-refractivity contribution >= 4 is 54.4 Å². The Morgan fingerprint density at radius 1 is 1.12 bits per heavy atom. The SMILES string of the molecule is O=C(Nc1c(Br)cccc1Br)c1c(O)c2cccc3c2n(c1=O)CC3. The summed E-state index contributed by atoms with van der Waals surface area (Å²) in [4.78, 5) is 25.6. The highest BCUT2D eigenvalue weighted by atomic mass is 79.9. The Balaban J connectivity index is 1.89. The Kier molecular flexibility index (Phi) is 3.92. The Morgan fingerprint density at radius 2 is 1.80 bits per heavy atom. The molecular weight excluding hydrogens is 452 g/mol. The molecule has 1 amide bonds. The fraction of sp³-hybridized carbons (Fsp3) is 0.111. The average Bonchev–Trinajstić information content (AvgIpc) is 3.01. The van der Waals surface area contributed by atoms with Crippen molar-refractivity contribution in [3.05, 3.63) is 66.8 Å². The van der Waals surface area contributed by atoms with Gasteiger partial charge < -0.3 is 15.0 Å². The topological polar surface area (TPSA) is 71.3 Å². The first-order chi connectivity index (χ1) is 12.0. The van der Waals surface area contributed by atoms with Gasteiger partial charge >= 0.3 is 0 Å². The molecule has 1 aliphatic rings. The molecule has 0 saturated carbocycles. The molecule has 0 spiro atoms. The molecule has 1 aliphatic heterocycles. The molecule has 0 saturated heterocycles. The number of pyridine rings is 1. The van der Waals surface area contributed by atoms with Crippen molar-refractivity contribution in [1.29, 1.82) is 0 Å². The van der Waals surface area contributed by atoms with Crippen LogP contribution in [-0.4, -0.2) is 15.6 Å². The zero-order valence-electron chi connectivity index (χ0n) is 12.8. The van der Waals surface area contributed by atoms with Crippen molar-refractivity contribution in [2.75, 3.05) is 5.32 Å². The van der Waals surface area contributed by atoms with Gasteiger partial charge in [0.1, 0.15) is 11.3 Å². The number of carbonyl (C=O) groups excluding carboxylic acids is 1. The smallest absolute Gasteiger partial charge is 0.267 e. The van der Waals surface area contributed by atoms with Gasteiger partial charge in [0.15, 0.2) is 0 Å². The summed E-state index contributed by atoms with van der Waals surface area (Å²) in [6, 6.07) is 10.8. The summed E-state index contributed by atoms with van der Waals surface area (Å²) in [7, 11) is 0. The number of hydrogen-bond acceptors (Lipinski definition) is 3. The molecule has 5 nitrogen and oxygen atoms in total. The van der Waals surface area contributed by atoms with E-state index in [9.17, 15) is 14.7 Å². The zero-order valence-corrected chi connectivity index (χ0v) is 16.0. The van der Waals surface area contributed by atoms with E-state index in [1.165, 1.54) is 0 Å². The average molecular weight is 464 g/mol. The quantitative estimate of drug-likeness (QED) is 0.602. The molecule has 2 heterocycles. The van der Waals surface area contributed by atoms with E-state index in [0.29, 0.717) is 38.5 Å². The summed E-state index contributed by atoms with van der Waals surface area (Å²) in [5.41, 5.74) is 1.50. The maximum Gasteiger partial charge on any atom is 0.267 e. The summed E-state index contributed by atoms with van der Waals surface area (Å²) in [5, 5.41) is 13.8. The third-order valence-corrected chi connectivity index (χ3v) is 5.70. The predicted molar refractivity (Wildman–Crippen MR) is 103 cm³/mol. The van der Waals surface area contributed by atoms with Crippen LogP contribution in [0.2, 0.25) is 0 Å². The van der Waals surface area contributed by atoms with Gasteiger partial charge in [-0.25, -0.2) is 0 Å². The van der Waals surface area contributed by atoms with Gasteiger partial charge in [-0.2, -0.15) is 0 Å². The van der Waals surface area contributed by atoms with E-state index >= 15 is 0 Å². The number of aromatic hydroxyl groups is 1. The van der Waals surface area contributed by atoms with E-state index in [0.717, 1.165) is 5.56 Å².